The lowest BCUT2D eigenvalue weighted by Gasteiger charge is -2.10. The number of aliphatic hydroxyl groups excluding tert-OH is 2. The van der Waals surface area contributed by atoms with Crippen LogP contribution in [0.4, 0.5) is 0 Å². The molecule has 0 aliphatic rings. The van der Waals surface area contributed by atoms with E-state index >= 15 is 0 Å². The zero-order valence-corrected chi connectivity index (χ0v) is 4.69. The average molecular weight is 135 g/mol. The zero-order chi connectivity index (χ0) is 7.44. The molecular formula is C4H9NO4. The highest BCUT2D eigenvalue weighted by atomic mass is 16.4. The lowest BCUT2D eigenvalue weighted by Crippen LogP contribution is -2.43. The van der Waals surface area contributed by atoms with Crippen molar-refractivity contribution in [3.8, 4) is 0 Å². The third-order valence-corrected chi connectivity index (χ3v) is 0.887. The van der Waals surface area contributed by atoms with Crippen molar-refractivity contribution in [3.63, 3.8) is 0 Å². The molecule has 0 bridgehead atoms. The highest BCUT2D eigenvalue weighted by molar-refractivity contribution is 5.73. The predicted molar refractivity (Wildman–Crippen MR) is 28.7 cm³/mol. The molecule has 0 rings (SSSR count). The SMILES string of the molecule is N[C@@H](C(=O)O)[C@H](O)CO. The van der Waals surface area contributed by atoms with Gasteiger partial charge in [0.05, 0.1) is 6.61 Å². The van der Waals surface area contributed by atoms with Gasteiger partial charge in [-0.1, -0.05) is 0 Å². The lowest BCUT2D eigenvalue weighted by molar-refractivity contribution is -0.141. The summed E-state index contributed by atoms with van der Waals surface area (Å²) >= 11 is 0. The molecule has 0 fully saturated rings. The second-order valence-electron chi connectivity index (χ2n) is 1.61. The fourth-order valence-electron chi connectivity index (χ4n) is 0.278. The topological polar surface area (TPSA) is 104 Å². The molecular weight excluding hydrogens is 126 g/mol. The van der Waals surface area contributed by atoms with E-state index in [2.05, 4.69) is 0 Å². The fourth-order valence-corrected chi connectivity index (χ4v) is 0.278. The largest absolute Gasteiger partial charge is 0.480 e. The van der Waals surface area contributed by atoms with Crippen molar-refractivity contribution in [1.29, 1.82) is 0 Å². The molecule has 0 aromatic rings. The van der Waals surface area contributed by atoms with E-state index in [1.54, 1.807) is 0 Å². The highest BCUT2D eigenvalue weighted by Crippen LogP contribution is 1.87. The second kappa shape index (κ2) is 3.39. The molecule has 0 saturated heterocycles. The summed E-state index contributed by atoms with van der Waals surface area (Å²) in [6.45, 7) is -0.631. The van der Waals surface area contributed by atoms with Gasteiger partial charge in [-0.15, -0.1) is 0 Å². The first-order valence-corrected chi connectivity index (χ1v) is 2.37. The van der Waals surface area contributed by atoms with Crippen molar-refractivity contribution in [3.05, 3.63) is 0 Å². The van der Waals surface area contributed by atoms with Crippen LogP contribution in [0.2, 0.25) is 0 Å². The number of hydrogen-bond donors (Lipinski definition) is 4. The van der Waals surface area contributed by atoms with E-state index in [-0.39, 0.29) is 0 Å². The molecule has 0 aromatic heterocycles. The van der Waals surface area contributed by atoms with E-state index in [4.69, 9.17) is 21.1 Å². The van der Waals surface area contributed by atoms with E-state index in [9.17, 15) is 4.79 Å². The molecule has 5 heteroatoms. The van der Waals surface area contributed by atoms with Crippen molar-refractivity contribution in [1.82, 2.24) is 0 Å². The molecule has 9 heavy (non-hydrogen) atoms. The summed E-state index contributed by atoms with van der Waals surface area (Å²) < 4.78 is 0. The first kappa shape index (κ1) is 8.35. The first-order valence-electron chi connectivity index (χ1n) is 2.37. The van der Waals surface area contributed by atoms with Gasteiger partial charge in [0.2, 0.25) is 0 Å². The maximum absolute atomic E-state index is 9.90. The number of rotatable bonds is 3. The van der Waals surface area contributed by atoms with Crippen LogP contribution in [0, 0.1) is 0 Å². The third kappa shape index (κ3) is 2.41. The van der Waals surface area contributed by atoms with Crippen LogP contribution in [-0.4, -0.2) is 40.0 Å². The summed E-state index contributed by atoms with van der Waals surface area (Å²) in [7, 11) is 0. The predicted octanol–water partition coefficient (Wildman–Crippen LogP) is -2.25. The summed E-state index contributed by atoms with van der Waals surface area (Å²) in [6, 6.07) is -1.39. The maximum Gasteiger partial charge on any atom is 0.323 e. The zero-order valence-electron chi connectivity index (χ0n) is 4.69. The van der Waals surface area contributed by atoms with E-state index in [1.165, 1.54) is 0 Å². The Morgan fingerprint density at radius 1 is 1.67 bits per heavy atom. The Balaban J connectivity index is 3.72. The number of carboxylic acid groups (broad SMARTS) is 1. The van der Waals surface area contributed by atoms with Gasteiger partial charge >= 0.3 is 5.97 Å². The van der Waals surface area contributed by atoms with Crippen molar-refractivity contribution in [2.24, 2.45) is 5.73 Å². The molecule has 2 atom stereocenters. The van der Waals surface area contributed by atoms with Crippen LogP contribution in [-0.2, 0) is 4.79 Å². The molecule has 0 amide bonds. The van der Waals surface area contributed by atoms with Crippen molar-refractivity contribution >= 4 is 5.97 Å². The number of carbonyl (C=O) groups is 1. The smallest absolute Gasteiger partial charge is 0.323 e. The van der Waals surface area contributed by atoms with Gasteiger partial charge in [0.15, 0.2) is 0 Å². The van der Waals surface area contributed by atoms with Crippen LogP contribution >= 0.6 is 0 Å². The molecule has 0 aromatic carbocycles. The molecule has 0 unspecified atom stereocenters. The summed E-state index contributed by atoms with van der Waals surface area (Å²) in [6.07, 6.45) is -1.37. The molecule has 0 saturated carbocycles. The Morgan fingerprint density at radius 2 is 2.11 bits per heavy atom. The summed E-state index contributed by atoms with van der Waals surface area (Å²) in [5, 5.41) is 24.8. The molecule has 5 N–H and O–H groups in total. The van der Waals surface area contributed by atoms with Gasteiger partial charge in [-0.05, 0) is 0 Å². The summed E-state index contributed by atoms with van der Waals surface area (Å²) in [4.78, 5) is 9.90. The summed E-state index contributed by atoms with van der Waals surface area (Å²) in [5.74, 6) is -1.32. The molecule has 5 nitrogen and oxygen atoms in total. The minimum absolute atomic E-state index is 0.631. The molecule has 0 aliphatic heterocycles. The monoisotopic (exact) mass is 135 g/mol. The Bertz CT molecular complexity index is 105. The number of nitrogens with two attached hydrogens (primary N) is 1. The van der Waals surface area contributed by atoms with Crippen LogP contribution in [0.1, 0.15) is 0 Å². The number of hydrogen-bond acceptors (Lipinski definition) is 4. The van der Waals surface area contributed by atoms with Gasteiger partial charge in [0, 0.05) is 0 Å². The van der Waals surface area contributed by atoms with Gasteiger partial charge < -0.3 is 21.1 Å². The van der Waals surface area contributed by atoms with Crippen molar-refractivity contribution in [2.45, 2.75) is 12.1 Å². The number of carboxylic acids is 1. The Labute approximate surface area is 51.7 Å². The van der Waals surface area contributed by atoms with Crippen LogP contribution in [0.3, 0.4) is 0 Å². The Kier molecular flexibility index (Phi) is 3.15. The van der Waals surface area contributed by atoms with Gasteiger partial charge in [-0.2, -0.15) is 0 Å². The molecule has 0 aliphatic carbocycles. The van der Waals surface area contributed by atoms with Crippen LogP contribution in [0.5, 0.6) is 0 Å². The Morgan fingerprint density at radius 3 is 2.22 bits per heavy atom. The van der Waals surface area contributed by atoms with E-state index in [0.717, 1.165) is 0 Å². The van der Waals surface area contributed by atoms with Gasteiger partial charge in [-0.3, -0.25) is 4.79 Å². The number of aliphatic carboxylic acids is 1. The second-order valence-corrected chi connectivity index (χ2v) is 1.61. The maximum atomic E-state index is 9.90. The van der Waals surface area contributed by atoms with Crippen molar-refractivity contribution < 1.29 is 20.1 Å². The normalized spacial score (nSPS) is 16.8. The molecule has 0 spiro atoms. The minimum Gasteiger partial charge on any atom is -0.480 e. The molecule has 54 valence electrons. The van der Waals surface area contributed by atoms with Crippen LogP contribution in [0.25, 0.3) is 0 Å². The van der Waals surface area contributed by atoms with Crippen molar-refractivity contribution in [2.75, 3.05) is 6.61 Å². The van der Waals surface area contributed by atoms with Crippen LogP contribution < -0.4 is 5.73 Å². The van der Waals surface area contributed by atoms with Crippen LogP contribution in [0.15, 0.2) is 0 Å². The van der Waals surface area contributed by atoms with Gasteiger partial charge in [0.1, 0.15) is 12.1 Å². The van der Waals surface area contributed by atoms with E-state index < -0.39 is 24.7 Å². The average Bonchev–Trinajstić information content (AvgIpc) is 1.84. The van der Waals surface area contributed by atoms with E-state index in [1.807, 2.05) is 0 Å². The number of aliphatic hydroxyl groups is 2. The minimum atomic E-state index is -1.39. The lowest BCUT2D eigenvalue weighted by atomic mass is 10.2. The Hall–Kier alpha value is -0.650. The van der Waals surface area contributed by atoms with Gasteiger partial charge in [0.25, 0.3) is 0 Å². The molecule has 0 heterocycles. The van der Waals surface area contributed by atoms with Gasteiger partial charge in [-0.25, -0.2) is 0 Å². The summed E-state index contributed by atoms with van der Waals surface area (Å²) in [5.41, 5.74) is 4.86. The quantitative estimate of drug-likeness (QED) is 0.350. The standard InChI is InChI=1S/C4H9NO4/c5-3(4(8)9)2(7)1-6/h2-3,6-7H,1,5H2,(H,8,9)/t2-,3-/m1/s1. The third-order valence-electron chi connectivity index (χ3n) is 0.887. The highest BCUT2D eigenvalue weighted by Gasteiger charge is 2.20. The molecule has 0 radical (unpaired) electrons. The fraction of sp³-hybridized carbons (Fsp3) is 0.750. The van der Waals surface area contributed by atoms with E-state index in [0.29, 0.717) is 0 Å². The first-order chi connectivity index (χ1) is 4.09.